The quantitative estimate of drug-likeness (QED) is 0.174. The summed E-state index contributed by atoms with van der Waals surface area (Å²) in [6, 6.07) is 15.2. The highest BCUT2D eigenvalue weighted by molar-refractivity contribution is 7.99. The van der Waals surface area contributed by atoms with E-state index in [1.807, 2.05) is 79.2 Å². The summed E-state index contributed by atoms with van der Waals surface area (Å²) < 4.78 is 18.2. The lowest BCUT2D eigenvalue weighted by Gasteiger charge is -2.15. The van der Waals surface area contributed by atoms with Gasteiger partial charge in [0, 0.05) is 17.5 Å². The first kappa shape index (κ1) is 28.2. The van der Waals surface area contributed by atoms with E-state index in [4.69, 9.17) is 14.2 Å². The van der Waals surface area contributed by atoms with Gasteiger partial charge in [-0.2, -0.15) is 0 Å². The lowest BCUT2D eigenvalue weighted by Crippen LogP contribution is -2.17. The van der Waals surface area contributed by atoms with Gasteiger partial charge in [0.2, 0.25) is 5.91 Å². The molecule has 2 heterocycles. The molecule has 1 unspecified atom stereocenters. The molecule has 0 aliphatic heterocycles. The molecule has 4 aromatic rings. The minimum absolute atomic E-state index is 0.0850. The van der Waals surface area contributed by atoms with Crippen LogP contribution in [-0.2, 0) is 16.1 Å². The maximum Gasteiger partial charge on any atom is 0.341 e. The third-order valence-corrected chi connectivity index (χ3v) is 7.79. The number of thioether (sulfide) groups is 1. The van der Waals surface area contributed by atoms with Gasteiger partial charge < -0.3 is 24.1 Å². The highest BCUT2D eigenvalue weighted by Crippen LogP contribution is 2.37. The van der Waals surface area contributed by atoms with E-state index < -0.39 is 5.97 Å². The number of thiophene rings is 1. The summed E-state index contributed by atoms with van der Waals surface area (Å²) in [5.41, 5.74) is 2.96. The molecule has 39 heavy (non-hydrogen) atoms. The van der Waals surface area contributed by atoms with Gasteiger partial charge in [0.15, 0.2) is 17.1 Å². The van der Waals surface area contributed by atoms with E-state index in [2.05, 4.69) is 15.5 Å². The SMILES string of the molecule is CCn1c(SCC(=O)Nc2scc(-c3ccc(OC)cc3)c2C(=O)OC)nnc1C(C)Oc1ccc(C)cc1. The van der Waals surface area contributed by atoms with Crippen LogP contribution in [0.4, 0.5) is 5.00 Å². The molecule has 2 aromatic carbocycles. The minimum Gasteiger partial charge on any atom is -0.497 e. The van der Waals surface area contributed by atoms with Gasteiger partial charge in [0.25, 0.3) is 0 Å². The number of hydrogen-bond donors (Lipinski definition) is 1. The molecule has 0 saturated heterocycles. The zero-order valence-electron chi connectivity index (χ0n) is 22.4. The van der Waals surface area contributed by atoms with Crippen molar-refractivity contribution in [1.29, 1.82) is 0 Å². The smallest absolute Gasteiger partial charge is 0.341 e. The fourth-order valence-electron chi connectivity index (χ4n) is 3.91. The highest BCUT2D eigenvalue weighted by atomic mass is 32.2. The number of benzene rings is 2. The van der Waals surface area contributed by atoms with Crippen LogP contribution in [0.1, 0.15) is 41.7 Å². The Kier molecular flexibility index (Phi) is 9.26. The van der Waals surface area contributed by atoms with Crippen molar-refractivity contribution >= 4 is 40.0 Å². The summed E-state index contributed by atoms with van der Waals surface area (Å²) in [4.78, 5) is 25.6. The monoisotopic (exact) mass is 566 g/mol. The zero-order valence-corrected chi connectivity index (χ0v) is 24.0. The van der Waals surface area contributed by atoms with Crippen LogP contribution in [0.2, 0.25) is 0 Å². The van der Waals surface area contributed by atoms with Crippen LogP contribution in [0.25, 0.3) is 11.1 Å². The molecule has 4 rings (SSSR count). The molecule has 0 bridgehead atoms. The second-order valence-corrected chi connectivity index (χ2v) is 10.4. The number of aromatic nitrogens is 3. The molecule has 1 N–H and O–H groups in total. The van der Waals surface area contributed by atoms with E-state index in [1.54, 1.807) is 7.11 Å². The van der Waals surface area contributed by atoms with E-state index in [-0.39, 0.29) is 17.8 Å². The average molecular weight is 567 g/mol. The molecule has 0 fully saturated rings. The Morgan fingerprint density at radius 2 is 1.74 bits per heavy atom. The average Bonchev–Trinajstić information content (AvgIpc) is 3.56. The van der Waals surface area contributed by atoms with Gasteiger partial charge in [-0.1, -0.05) is 41.6 Å². The number of amides is 1. The van der Waals surface area contributed by atoms with E-state index in [1.165, 1.54) is 30.2 Å². The Morgan fingerprint density at radius 3 is 2.38 bits per heavy atom. The van der Waals surface area contributed by atoms with Crippen molar-refractivity contribution < 1.29 is 23.8 Å². The number of hydrogen-bond acceptors (Lipinski definition) is 9. The summed E-state index contributed by atoms with van der Waals surface area (Å²) in [5, 5.41) is 14.3. The summed E-state index contributed by atoms with van der Waals surface area (Å²) >= 11 is 2.54. The number of nitrogens with one attached hydrogen (secondary N) is 1. The largest absolute Gasteiger partial charge is 0.497 e. The van der Waals surface area contributed by atoms with Crippen molar-refractivity contribution in [3.63, 3.8) is 0 Å². The van der Waals surface area contributed by atoms with Gasteiger partial charge >= 0.3 is 5.97 Å². The van der Waals surface area contributed by atoms with Crippen LogP contribution in [0, 0.1) is 6.92 Å². The Labute approximate surface area is 235 Å². The number of carbonyl (C=O) groups is 2. The van der Waals surface area contributed by atoms with E-state index >= 15 is 0 Å². The number of esters is 1. The molecular formula is C28H30N4O5S2. The molecular weight excluding hydrogens is 536 g/mol. The van der Waals surface area contributed by atoms with Gasteiger partial charge in [-0.25, -0.2) is 4.79 Å². The molecule has 0 aliphatic rings. The second kappa shape index (κ2) is 12.8. The van der Waals surface area contributed by atoms with E-state index in [0.717, 1.165) is 16.9 Å². The highest BCUT2D eigenvalue weighted by Gasteiger charge is 2.23. The summed E-state index contributed by atoms with van der Waals surface area (Å²) in [5.74, 6) is 1.42. The number of ether oxygens (including phenoxy) is 3. The van der Waals surface area contributed by atoms with Crippen LogP contribution >= 0.6 is 23.1 Å². The Balaban J connectivity index is 1.45. The first-order valence-electron chi connectivity index (χ1n) is 12.3. The van der Waals surface area contributed by atoms with Crippen molar-refractivity contribution in [2.75, 3.05) is 25.3 Å². The van der Waals surface area contributed by atoms with Crippen LogP contribution < -0.4 is 14.8 Å². The molecule has 11 heteroatoms. The Morgan fingerprint density at radius 1 is 1.05 bits per heavy atom. The van der Waals surface area contributed by atoms with Gasteiger partial charge in [0.1, 0.15) is 22.1 Å². The van der Waals surface area contributed by atoms with E-state index in [9.17, 15) is 9.59 Å². The fraction of sp³-hybridized carbons (Fsp3) is 0.286. The lowest BCUT2D eigenvalue weighted by atomic mass is 10.0. The Hall–Kier alpha value is -3.83. The standard InChI is InChI=1S/C28H30N4O5S2/c1-6-32-25(18(3)37-21-11-7-17(2)8-12-21)30-31-28(32)39-16-23(33)29-26-24(27(34)36-5)22(15-38-26)19-9-13-20(35-4)14-10-19/h7-15,18H,6,16H2,1-5H3,(H,29,33). The van der Waals surface area contributed by atoms with Crippen LogP contribution in [0.5, 0.6) is 11.5 Å². The zero-order chi connectivity index (χ0) is 27.9. The normalized spacial score (nSPS) is 11.6. The molecule has 1 amide bonds. The number of nitrogens with zero attached hydrogens (tertiary/aromatic N) is 3. The fourth-order valence-corrected chi connectivity index (χ4v) is 5.69. The minimum atomic E-state index is -0.525. The maximum atomic E-state index is 12.9. The third kappa shape index (κ3) is 6.61. The molecule has 2 aromatic heterocycles. The number of methoxy groups -OCH3 is 2. The van der Waals surface area contributed by atoms with Crippen molar-refractivity contribution in [2.24, 2.45) is 0 Å². The number of aryl methyl sites for hydroxylation is 1. The van der Waals surface area contributed by atoms with Crippen LogP contribution in [0.3, 0.4) is 0 Å². The topological polar surface area (TPSA) is 105 Å². The van der Waals surface area contributed by atoms with Crippen LogP contribution in [0.15, 0.2) is 59.1 Å². The van der Waals surface area contributed by atoms with Crippen molar-refractivity contribution in [1.82, 2.24) is 14.8 Å². The first-order chi connectivity index (χ1) is 18.8. The van der Waals surface area contributed by atoms with Crippen molar-refractivity contribution in [3.05, 3.63) is 70.9 Å². The predicted molar refractivity (Wildman–Crippen MR) is 153 cm³/mol. The molecule has 204 valence electrons. The van der Waals surface area contributed by atoms with Gasteiger partial charge in [-0.15, -0.1) is 21.5 Å². The molecule has 1 atom stereocenters. The second-order valence-electron chi connectivity index (χ2n) is 8.57. The lowest BCUT2D eigenvalue weighted by molar-refractivity contribution is -0.113. The summed E-state index contributed by atoms with van der Waals surface area (Å²) in [6.07, 6.45) is -0.326. The Bertz CT molecular complexity index is 1430. The molecule has 0 saturated carbocycles. The van der Waals surface area contributed by atoms with Crippen molar-refractivity contribution in [2.45, 2.75) is 38.6 Å². The third-order valence-electron chi connectivity index (χ3n) is 5.93. The van der Waals surface area contributed by atoms with E-state index in [0.29, 0.717) is 39.4 Å². The summed E-state index contributed by atoms with van der Waals surface area (Å²) in [7, 11) is 2.91. The van der Waals surface area contributed by atoms with Crippen LogP contribution in [-0.4, -0.2) is 46.6 Å². The number of rotatable bonds is 11. The van der Waals surface area contributed by atoms with Gasteiger partial charge in [0.05, 0.1) is 20.0 Å². The molecule has 9 nitrogen and oxygen atoms in total. The number of anilines is 1. The number of carbonyl (C=O) groups excluding carboxylic acids is 2. The summed E-state index contributed by atoms with van der Waals surface area (Å²) in [6.45, 7) is 6.55. The molecule has 0 spiro atoms. The first-order valence-corrected chi connectivity index (χ1v) is 14.1. The molecule has 0 aliphatic carbocycles. The van der Waals surface area contributed by atoms with Gasteiger partial charge in [-0.05, 0) is 50.6 Å². The van der Waals surface area contributed by atoms with Crippen molar-refractivity contribution in [3.8, 4) is 22.6 Å². The van der Waals surface area contributed by atoms with Gasteiger partial charge in [-0.3, -0.25) is 4.79 Å². The predicted octanol–water partition coefficient (Wildman–Crippen LogP) is 6.00. The molecule has 0 radical (unpaired) electrons. The maximum absolute atomic E-state index is 12.9.